The van der Waals surface area contributed by atoms with Gasteiger partial charge in [0, 0.05) is 17.7 Å². The van der Waals surface area contributed by atoms with E-state index < -0.39 is 0 Å². The number of nitrogens with one attached hydrogen (secondary N) is 1. The SMILES string of the molecule is CNc1ccn(Cc2cccc(Br)c2)c(=O)n1. The third kappa shape index (κ3) is 2.94. The van der Waals surface area contributed by atoms with E-state index in [-0.39, 0.29) is 5.69 Å². The Morgan fingerprint density at radius 2 is 2.24 bits per heavy atom. The number of hydrogen-bond donors (Lipinski definition) is 1. The van der Waals surface area contributed by atoms with E-state index in [2.05, 4.69) is 26.2 Å². The standard InChI is InChI=1S/C12H12BrN3O/c1-14-11-5-6-16(12(17)15-11)8-9-3-2-4-10(13)7-9/h2-7H,8H2,1H3,(H,14,15,17). The maximum atomic E-state index is 11.7. The lowest BCUT2D eigenvalue weighted by Gasteiger charge is -2.06. The van der Waals surface area contributed by atoms with Crippen molar-refractivity contribution in [1.82, 2.24) is 9.55 Å². The molecule has 1 heterocycles. The van der Waals surface area contributed by atoms with Gasteiger partial charge in [-0.3, -0.25) is 4.57 Å². The fourth-order valence-corrected chi connectivity index (χ4v) is 1.97. The van der Waals surface area contributed by atoms with Crippen LogP contribution in [-0.2, 0) is 6.54 Å². The fourth-order valence-electron chi connectivity index (χ4n) is 1.52. The Morgan fingerprint density at radius 1 is 1.41 bits per heavy atom. The molecule has 2 aromatic rings. The molecule has 0 fully saturated rings. The van der Waals surface area contributed by atoms with E-state index in [1.54, 1.807) is 23.9 Å². The van der Waals surface area contributed by atoms with Crippen molar-refractivity contribution in [2.45, 2.75) is 6.54 Å². The second-order valence-electron chi connectivity index (χ2n) is 3.60. The minimum Gasteiger partial charge on any atom is -0.373 e. The molecule has 0 bridgehead atoms. The Balaban J connectivity index is 2.27. The first-order valence-corrected chi connectivity index (χ1v) is 5.98. The number of benzene rings is 1. The summed E-state index contributed by atoms with van der Waals surface area (Å²) in [4.78, 5) is 15.6. The van der Waals surface area contributed by atoms with E-state index in [9.17, 15) is 4.79 Å². The van der Waals surface area contributed by atoms with Gasteiger partial charge in [-0.25, -0.2) is 4.79 Å². The summed E-state index contributed by atoms with van der Waals surface area (Å²) in [6, 6.07) is 9.63. The normalized spacial score (nSPS) is 10.2. The van der Waals surface area contributed by atoms with Gasteiger partial charge in [0.2, 0.25) is 0 Å². The molecule has 0 aliphatic carbocycles. The van der Waals surface area contributed by atoms with Gasteiger partial charge in [-0.2, -0.15) is 4.98 Å². The molecule has 5 heteroatoms. The lowest BCUT2D eigenvalue weighted by Crippen LogP contribution is -2.23. The number of halogens is 1. The maximum absolute atomic E-state index is 11.7. The van der Waals surface area contributed by atoms with E-state index in [1.165, 1.54) is 0 Å². The first-order chi connectivity index (χ1) is 8.19. The van der Waals surface area contributed by atoms with Gasteiger partial charge in [-0.05, 0) is 23.8 Å². The van der Waals surface area contributed by atoms with Crippen LogP contribution in [0.4, 0.5) is 5.82 Å². The highest BCUT2D eigenvalue weighted by Gasteiger charge is 2.00. The van der Waals surface area contributed by atoms with Crippen molar-refractivity contribution in [3.8, 4) is 0 Å². The summed E-state index contributed by atoms with van der Waals surface area (Å²) < 4.78 is 2.57. The van der Waals surface area contributed by atoms with Gasteiger partial charge >= 0.3 is 5.69 Å². The largest absolute Gasteiger partial charge is 0.373 e. The zero-order valence-electron chi connectivity index (χ0n) is 9.35. The second-order valence-corrected chi connectivity index (χ2v) is 4.52. The van der Waals surface area contributed by atoms with Gasteiger partial charge in [0.05, 0.1) is 6.54 Å². The van der Waals surface area contributed by atoms with E-state index in [0.29, 0.717) is 12.4 Å². The summed E-state index contributed by atoms with van der Waals surface area (Å²) in [5.41, 5.74) is 0.803. The number of nitrogens with zero attached hydrogens (tertiary/aromatic N) is 2. The molecule has 0 spiro atoms. The molecule has 1 aromatic carbocycles. The van der Waals surface area contributed by atoms with Crippen LogP contribution in [0.2, 0.25) is 0 Å². The van der Waals surface area contributed by atoms with Gasteiger partial charge < -0.3 is 5.32 Å². The maximum Gasteiger partial charge on any atom is 0.349 e. The van der Waals surface area contributed by atoms with Crippen LogP contribution in [0.5, 0.6) is 0 Å². The predicted molar refractivity (Wildman–Crippen MR) is 71.3 cm³/mol. The Morgan fingerprint density at radius 3 is 2.88 bits per heavy atom. The van der Waals surface area contributed by atoms with Gasteiger partial charge in [-0.15, -0.1) is 0 Å². The molecule has 0 atom stereocenters. The van der Waals surface area contributed by atoms with E-state index >= 15 is 0 Å². The minimum absolute atomic E-state index is 0.253. The minimum atomic E-state index is -0.253. The molecule has 1 N–H and O–H groups in total. The zero-order chi connectivity index (χ0) is 12.3. The molecule has 0 radical (unpaired) electrons. The molecule has 1 aromatic heterocycles. The Bertz CT molecular complexity index is 580. The van der Waals surface area contributed by atoms with Crippen molar-refractivity contribution in [3.63, 3.8) is 0 Å². The Hall–Kier alpha value is -1.62. The van der Waals surface area contributed by atoms with E-state index in [4.69, 9.17) is 0 Å². The van der Waals surface area contributed by atoms with Crippen LogP contribution < -0.4 is 11.0 Å². The topological polar surface area (TPSA) is 46.9 Å². The van der Waals surface area contributed by atoms with Crippen molar-refractivity contribution >= 4 is 21.7 Å². The molecule has 4 nitrogen and oxygen atoms in total. The summed E-state index contributed by atoms with van der Waals surface area (Å²) in [6.45, 7) is 0.523. The highest BCUT2D eigenvalue weighted by atomic mass is 79.9. The fraction of sp³-hybridized carbons (Fsp3) is 0.167. The van der Waals surface area contributed by atoms with Gasteiger partial charge in [0.1, 0.15) is 5.82 Å². The monoisotopic (exact) mass is 293 g/mol. The molecule has 88 valence electrons. The second kappa shape index (κ2) is 5.14. The lowest BCUT2D eigenvalue weighted by atomic mass is 10.2. The molecule has 2 rings (SSSR count). The number of anilines is 1. The molecule has 0 amide bonds. The summed E-state index contributed by atoms with van der Waals surface area (Å²) in [7, 11) is 1.74. The van der Waals surface area contributed by atoms with Gasteiger partial charge in [0.25, 0.3) is 0 Å². The van der Waals surface area contributed by atoms with Crippen LogP contribution in [0, 0.1) is 0 Å². The predicted octanol–water partition coefficient (Wildman–Crippen LogP) is 2.10. The summed E-state index contributed by atoms with van der Waals surface area (Å²) in [5, 5.41) is 2.84. The smallest absolute Gasteiger partial charge is 0.349 e. The quantitative estimate of drug-likeness (QED) is 0.943. The van der Waals surface area contributed by atoms with Crippen LogP contribution in [-0.4, -0.2) is 16.6 Å². The van der Waals surface area contributed by atoms with Crippen LogP contribution in [0.1, 0.15) is 5.56 Å². The van der Waals surface area contributed by atoms with Crippen molar-refractivity contribution < 1.29 is 0 Å². The first kappa shape index (κ1) is 11.9. The summed E-state index contributed by atoms with van der Waals surface area (Å²) in [6.07, 6.45) is 1.74. The van der Waals surface area contributed by atoms with Crippen molar-refractivity contribution in [1.29, 1.82) is 0 Å². The van der Waals surface area contributed by atoms with Crippen molar-refractivity contribution in [2.24, 2.45) is 0 Å². The van der Waals surface area contributed by atoms with Crippen molar-refractivity contribution in [2.75, 3.05) is 12.4 Å². The molecule has 0 saturated heterocycles. The highest BCUT2D eigenvalue weighted by molar-refractivity contribution is 9.10. The molecular formula is C12H12BrN3O. The Labute approximate surface area is 107 Å². The molecule has 17 heavy (non-hydrogen) atoms. The van der Waals surface area contributed by atoms with Crippen LogP contribution >= 0.6 is 15.9 Å². The first-order valence-electron chi connectivity index (χ1n) is 5.19. The van der Waals surface area contributed by atoms with E-state index in [1.807, 2.05) is 24.3 Å². The molecule has 0 saturated carbocycles. The number of hydrogen-bond acceptors (Lipinski definition) is 3. The molecule has 0 unspecified atom stereocenters. The zero-order valence-corrected chi connectivity index (χ0v) is 10.9. The van der Waals surface area contributed by atoms with Crippen LogP contribution in [0.25, 0.3) is 0 Å². The molecule has 0 aliphatic rings. The van der Waals surface area contributed by atoms with E-state index in [0.717, 1.165) is 10.0 Å². The van der Waals surface area contributed by atoms with Crippen LogP contribution in [0.15, 0.2) is 45.8 Å². The third-order valence-corrected chi connectivity index (χ3v) is 2.87. The van der Waals surface area contributed by atoms with Crippen LogP contribution in [0.3, 0.4) is 0 Å². The van der Waals surface area contributed by atoms with Gasteiger partial charge in [-0.1, -0.05) is 28.1 Å². The highest BCUT2D eigenvalue weighted by Crippen LogP contribution is 2.12. The average molecular weight is 294 g/mol. The summed E-state index contributed by atoms with van der Waals surface area (Å²) >= 11 is 3.40. The number of rotatable bonds is 3. The van der Waals surface area contributed by atoms with Crippen molar-refractivity contribution in [3.05, 3.63) is 57.0 Å². The Kier molecular flexibility index (Phi) is 3.58. The van der Waals surface area contributed by atoms with Gasteiger partial charge in [0.15, 0.2) is 0 Å². The third-order valence-electron chi connectivity index (χ3n) is 2.37. The summed E-state index contributed by atoms with van der Waals surface area (Å²) in [5.74, 6) is 0.584. The number of aromatic nitrogens is 2. The lowest BCUT2D eigenvalue weighted by molar-refractivity contribution is 0.728. The average Bonchev–Trinajstić information content (AvgIpc) is 2.32. The molecule has 0 aliphatic heterocycles. The molecular weight excluding hydrogens is 282 g/mol.